The van der Waals surface area contributed by atoms with Crippen molar-refractivity contribution in [2.24, 2.45) is 23.1 Å². The minimum atomic E-state index is -0.793. The molecule has 1 aromatic rings. The lowest BCUT2D eigenvalue weighted by atomic mass is 9.89. The average molecular weight is 346 g/mol. The number of nitrogens with two attached hydrogens (primary N) is 3. The Hall–Kier alpha value is -2.61. The smallest absolute Gasteiger partial charge is 0.240 e. The van der Waals surface area contributed by atoms with E-state index in [1.165, 1.54) is 0 Å². The third-order valence-electron chi connectivity index (χ3n) is 4.63. The molecule has 1 saturated heterocycles. The summed E-state index contributed by atoms with van der Waals surface area (Å²) in [4.78, 5) is 25.9. The summed E-state index contributed by atoms with van der Waals surface area (Å²) in [5, 5.41) is 10.1. The first-order chi connectivity index (χ1) is 11.9. The predicted octanol–water partition coefficient (Wildman–Crippen LogP) is -0.868. The van der Waals surface area contributed by atoms with Crippen LogP contribution in [0.25, 0.3) is 0 Å². The summed E-state index contributed by atoms with van der Waals surface area (Å²) >= 11 is 0. The predicted molar refractivity (Wildman–Crippen MR) is 95.5 cm³/mol. The summed E-state index contributed by atoms with van der Waals surface area (Å²) < 4.78 is 0. The normalized spacial score (nSPS) is 17.6. The van der Waals surface area contributed by atoms with E-state index in [1.807, 2.05) is 30.3 Å². The standard InChI is InChI=1S/C17H26N6O2/c18-14(12-6-8-23(9-7-12)17(20)21)16(25)22-13(15(19)24)10-11-4-2-1-3-5-11/h1-5,12-14H,6-10,18H2,(H2,19,24)(H3,20,21)(H,22,25)/t13-,14?/m0/s1. The van der Waals surface area contributed by atoms with Gasteiger partial charge in [-0.25, -0.2) is 0 Å². The molecule has 8 N–H and O–H groups in total. The monoisotopic (exact) mass is 346 g/mol. The lowest BCUT2D eigenvalue weighted by Gasteiger charge is -2.34. The number of amides is 2. The second kappa shape index (κ2) is 8.48. The highest BCUT2D eigenvalue weighted by molar-refractivity contribution is 5.89. The van der Waals surface area contributed by atoms with Gasteiger partial charge in [-0.05, 0) is 24.3 Å². The molecule has 0 spiro atoms. The summed E-state index contributed by atoms with van der Waals surface area (Å²) in [6.45, 7) is 1.20. The highest BCUT2D eigenvalue weighted by atomic mass is 16.2. The molecule has 2 atom stereocenters. The largest absolute Gasteiger partial charge is 0.370 e. The topological polar surface area (TPSA) is 151 Å². The number of nitrogens with one attached hydrogen (secondary N) is 2. The SMILES string of the molecule is N=C(N)N1CCC(C(N)C(=O)N[C@@H](Cc2ccccc2)C(N)=O)CC1. The van der Waals surface area contributed by atoms with Crippen LogP contribution in [0, 0.1) is 11.3 Å². The van der Waals surface area contributed by atoms with Crippen LogP contribution in [0.3, 0.4) is 0 Å². The lowest BCUT2D eigenvalue weighted by Crippen LogP contribution is -2.55. The van der Waals surface area contributed by atoms with Crippen molar-refractivity contribution in [1.29, 1.82) is 5.41 Å². The van der Waals surface area contributed by atoms with Crippen LogP contribution in [0.15, 0.2) is 30.3 Å². The molecule has 0 saturated carbocycles. The van der Waals surface area contributed by atoms with Crippen molar-refractivity contribution < 1.29 is 9.59 Å². The molecule has 1 fully saturated rings. The van der Waals surface area contributed by atoms with Crippen LogP contribution in [0.5, 0.6) is 0 Å². The van der Waals surface area contributed by atoms with E-state index in [-0.39, 0.29) is 17.8 Å². The zero-order valence-corrected chi connectivity index (χ0v) is 14.2. The maximum absolute atomic E-state index is 12.4. The number of hydrogen-bond donors (Lipinski definition) is 5. The second-order valence-corrected chi connectivity index (χ2v) is 6.39. The number of hydrogen-bond acceptors (Lipinski definition) is 4. The van der Waals surface area contributed by atoms with Gasteiger partial charge >= 0.3 is 0 Å². The van der Waals surface area contributed by atoms with Gasteiger partial charge in [0.15, 0.2) is 5.96 Å². The van der Waals surface area contributed by atoms with E-state index in [0.717, 1.165) is 5.56 Å². The molecular weight excluding hydrogens is 320 g/mol. The molecule has 0 radical (unpaired) electrons. The van der Waals surface area contributed by atoms with Gasteiger partial charge in [-0.3, -0.25) is 15.0 Å². The van der Waals surface area contributed by atoms with Crippen molar-refractivity contribution in [3.8, 4) is 0 Å². The van der Waals surface area contributed by atoms with Gasteiger partial charge in [0.1, 0.15) is 6.04 Å². The van der Waals surface area contributed by atoms with Crippen LogP contribution < -0.4 is 22.5 Å². The molecule has 8 heteroatoms. The third kappa shape index (κ3) is 5.18. The Labute approximate surface area is 147 Å². The van der Waals surface area contributed by atoms with Gasteiger partial charge in [-0.15, -0.1) is 0 Å². The van der Waals surface area contributed by atoms with E-state index in [1.54, 1.807) is 4.90 Å². The van der Waals surface area contributed by atoms with Gasteiger partial charge in [0.2, 0.25) is 11.8 Å². The van der Waals surface area contributed by atoms with Gasteiger partial charge in [-0.1, -0.05) is 30.3 Å². The van der Waals surface area contributed by atoms with Crippen molar-refractivity contribution in [2.45, 2.75) is 31.3 Å². The zero-order chi connectivity index (χ0) is 18.4. The van der Waals surface area contributed by atoms with Crippen LogP contribution in [0.4, 0.5) is 0 Å². The molecule has 25 heavy (non-hydrogen) atoms. The number of carbonyl (C=O) groups is 2. The Morgan fingerprint density at radius 3 is 2.32 bits per heavy atom. The molecule has 1 aliphatic rings. The van der Waals surface area contributed by atoms with E-state index < -0.39 is 18.0 Å². The zero-order valence-electron chi connectivity index (χ0n) is 14.2. The number of benzene rings is 1. The quantitative estimate of drug-likeness (QED) is 0.335. The van der Waals surface area contributed by atoms with Crippen molar-refractivity contribution >= 4 is 17.8 Å². The van der Waals surface area contributed by atoms with Crippen molar-refractivity contribution in [3.63, 3.8) is 0 Å². The minimum absolute atomic E-state index is 0.0131. The molecule has 0 bridgehead atoms. The van der Waals surface area contributed by atoms with Crippen molar-refractivity contribution in [1.82, 2.24) is 10.2 Å². The van der Waals surface area contributed by atoms with Gasteiger partial charge in [0, 0.05) is 19.5 Å². The molecule has 0 aromatic heterocycles. The van der Waals surface area contributed by atoms with Crippen LogP contribution in [0.1, 0.15) is 18.4 Å². The van der Waals surface area contributed by atoms with Gasteiger partial charge in [0.05, 0.1) is 6.04 Å². The van der Waals surface area contributed by atoms with E-state index >= 15 is 0 Å². The van der Waals surface area contributed by atoms with Crippen LogP contribution in [-0.2, 0) is 16.0 Å². The van der Waals surface area contributed by atoms with Gasteiger partial charge in [0.25, 0.3) is 0 Å². The van der Waals surface area contributed by atoms with Crippen LogP contribution >= 0.6 is 0 Å². The van der Waals surface area contributed by atoms with E-state index in [0.29, 0.717) is 32.4 Å². The molecular formula is C17H26N6O2. The molecule has 2 rings (SSSR count). The maximum atomic E-state index is 12.4. The average Bonchev–Trinajstić information content (AvgIpc) is 2.61. The van der Waals surface area contributed by atoms with Crippen LogP contribution in [-0.4, -0.2) is 47.8 Å². The number of primary amides is 1. The van der Waals surface area contributed by atoms with E-state index in [4.69, 9.17) is 22.6 Å². The van der Waals surface area contributed by atoms with Gasteiger partial charge < -0.3 is 27.4 Å². The van der Waals surface area contributed by atoms with Gasteiger partial charge in [-0.2, -0.15) is 0 Å². The van der Waals surface area contributed by atoms with Crippen LogP contribution in [0.2, 0.25) is 0 Å². The molecule has 136 valence electrons. The fourth-order valence-corrected chi connectivity index (χ4v) is 3.05. The second-order valence-electron chi connectivity index (χ2n) is 6.39. The molecule has 1 aromatic carbocycles. The molecule has 1 aliphatic heterocycles. The Morgan fingerprint density at radius 1 is 1.20 bits per heavy atom. The summed E-state index contributed by atoms with van der Waals surface area (Å²) in [5.41, 5.74) is 17.9. The Morgan fingerprint density at radius 2 is 1.80 bits per heavy atom. The third-order valence-corrected chi connectivity index (χ3v) is 4.63. The number of nitrogens with zero attached hydrogens (tertiary/aromatic N) is 1. The van der Waals surface area contributed by atoms with E-state index in [9.17, 15) is 9.59 Å². The molecule has 8 nitrogen and oxygen atoms in total. The van der Waals surface area contributed by atoms with E-state index in [2.05, 4.69) is 5.32 Å². The molecule has 1 heterocycles. The number of rotatable bonds is 6. The number of likely N-dealkylation sites (tertiary alicyclic amines) is 1. The number of carbonyl (C=O) groups excluding carboxylic acids is 2. The first-order valence-corrected chi connectivity index (χ1v) is 8.36. The first kappa shape index (κ1) is 18.7. The minimum Gasteiger partial charge on any atom is -0.370 e. The van der Waals surface area contributed by atoms with Crippen molar-refractivity contribution in [3.05, 3.63) is 35.9 Å². The van der Waals surface area contributed by atoms with Crippen molar-refractivity contribution in [2.75, 3.05) is 13.1 Å². The highest BCUT2D eigenvalue weighted by Crippen LogP contribution is 2.19. The summed E-state index contributed by atoms with van der Waals surface area (Å²) in [7, 11) is 0. The highest BCUT2D eigenvalue weighted by Gasteiger charge is 2.31. The molecule has 2 amide bonds. The number of piperidine rings is 1. The Kier molecular flexibility index (Phi) is 6.35. The molecule has 1 unspecified atom stereocenters. The Balaban J connectivity index is 1.92. The maximum Gasteiger partial charge on any atom is 0.240 e. The summed E-state index contributed by atoms with van der Waals surface area (Å²) in [5.74, 6) is -0.939. The first-order valence-electron chi connectivity index (χ1n) is 8.36. The summed E-state index contributed by atoms with van der Waals surface area (Å²) in [6, 6.07) is 7.85. The summed E-state index contributed by atoms with van der Waals surface area (Å²) in [6.07, 6.45) is 1.68. The number of guanidine groups is 1. The fraction of sp³-hybridized carbons (Fsp3) is 0.471. The Bertz CT molecular complexity index is 613. The molecule has 0 aliphatic carbocycles. The fourth-order valence-electron chi connectivity index (χ4n) is 3.05. The lowest BCUT2D eigenvalue weighted by molar-refractivity contribution is -0.129.